The Hall–Kier alpha value is -1.75. The molecule has 1 aliphatic heterocycles. The molecule has 1 aromatic rings. The standard InChI is InChI=1S/C15H22N2O3/c1-10(11-5-7-17(2)8-6-11)20-14-4-3-12(15(18)19)9-13(14)16/h3-4,9-11H,5-8,16H2,1-2H3,(H,18,19). The summed E-state index contributed by atoms with van der Waals surface area (Å²) in [6.45, 7) is 4.23. The smallest absolute Gasteiger partial charge is 0.335 e. The molecule has 0 bridgehead atoms. The molecule has 1 atom stereocenters. The predicted octanol–water partition coefficient (Wildman–Crippen LogP) is 2.08. The molecule has 0 amide bonds. The van der Waals surface area contributed by atoms with Crippen molar-refractivity contribution in [2.75, 3.05) is 25.9 Å². The molecule has 20 heavy (non-hydrogen) atoms. The highest BCUT2D eigenvalue weighted by Gasteiger charge is 2.24. The van der Waals surface area contributed by atoms with Gasteiger partial charge in [0.15, 0.2) is 0 Å². The maximum atomic E-state index is 10.9. The van der Waals surface area contributed by atoms with E-state index in [2.05, 4.69) is 18.9 Å². The van der Waals surface area contributed by atoms with Crippen molar-refractivity contribution in [2.24, 2.45) is 5.92 Å². The van der Waals surface area contributed by atoms with Gasteiger partial charge in [0.25, 0.3) is 0 Å². The molecule has 3 N–H and O–H groups in total. The van der Waals surface area contributed by atoms with Crippen molar-refractivity contribution >= 4 is 11.7 Å². The molecular weight excluding hydrogens is 256 g/mol. The first-order valence-corrected chi connectivity index (χ1v) is 6.95. The van der Waals surface area contributed by atoms with Gasteiger partial charge in [-0.05, 0) is 64.0 Å². The number of nitrogens with two attached hydrogens (primary N) is 1. The number of carboxylic acid groups (broad SMARTS) is 1. The van der Waals surface area contributed by atoms with E-state index in [4.69, 9.17) is 15.6 Å². The Morgan fingerprint density at radius 1 is 1.45 bits per heavy atom. The molecule has 5 heteroatoms. The van der Waals surface area contributed by atoms with Crippen LogP contribution in [0.15, 0.2) is 18.2 Å². The van der Waals surface area contributed by atoms with Gasteiger partial charge in [0, 0.05) is 0 Å². The van der Waals surface area contributed by atoms with E-state index < -0.39 is 5.97 Å². The second kappa shape index (κ2) is 6.13. The number of piperidine rings is 1. The molecule has 1 aromatic carbocycles. The topological polar surface area (TPSA) is 75.8 Å². The number of nitrogen functional groups attached to an aromatic ring is 1. The lowest BCUT2D eigenvalue weighted by Crippen LogP contribution is -2.36. The van der Waals surface area contributed by atoms with Gasteiger partial charge in [-0.3, -0.25) is 0 Å². The second-order valence-electron chi connectivity index (χ2n) is 5.52. The first-order valence-electron chi connectivity index (χ1n) is 6.95. The van der Waals surface area contributed by atoms with E-state index in [1.54, 1.807) is 6.07 Å². The molecule has 1 saturated heterocycles. The van der Waals surface area contributed by atoms with Gasteiger partial charge in [-0.25, -0.2) is 4.79 Å². The fourth-order valence-corrected chi connectivity index (χ4v) is 2.58. The van der Waals surface area contributed by atoms with E-state index in [1.165, 1.54) is 12.1 Å². The molecular formula is C15H22N2O3. The van der Waals surface area contributed by atoms with Crippen molar-refractivity contribution in [2.45, 2.75) is 25.9 Å². The van der Waals surface area contributed by atoms with Crippen molar-refractivity contribution in [3.63, 3.8) is 0 Å². The van der Waals surface area contributed by atoms with E-state index in [0.717, 1.165) is 25.9 Å². The van der Waals surface area contributed by atoms with Crippen LogP contribution in [0.3, 0.4) is 0 Å². The fourth-order valence-electron chi connectivity index (χ4n) is 2.58. The van der Waals surface area contributed by atoms with Crippen LogP contribution in [-0.4, -0.2) is 42.2 Å². The van der Waals surface area contributed by atoms with E-state index >= 15 is 0 Å². The van der Waals surface area contributed by atoms with Gasteiger partial charge in [0.05, 0.1) is 17.4 Å². The summed E-state index contributed by atoms with van der Waals surface area (Å²) >= 11 is 0. The highest BCUT2D eigenvalue weighted by Crippen LogP contribution is 2.28. The highest BCUT2D eigenvalue weighted by atomic mass is 16.5. The quantitative estimate of drug-likeness (QED) is 0.825. The third-order valence-corrected chi connectivity index (χ3v) is 4.00. The number of hydrogen-bond acceptors (Lipinski definition) is 4. The molecule has 1 unspecified atom stereocenters. The van der Waals surface area contributed by atoms with Crippen LogP contribution < -0.4 is 10.5 Å². The van der Waals surface area contributed by atoms with Crippen LogP contribution in [0.4, 0.5) is 5.69 Å². The van der Waals surface area contributed by atoms with E-state index in [-0.39, 0.29) is 11.7 Å². The number of anilines is 1. The van der Waals surface area contributed by atoms with Crippen LogP contribution >= 0.6 is 0 Å². The molecule has 110 valence electrons. The third-order valence-electron chi connectivity index (χ3n) is 4.00. The van der Waals surface area contributed by atoms with Crippen LogP contribution in [0, 0.1) is 5.92 Å². The largest absolute Gasteiger partial charge is 0.488 e. The van der Waals surface area contributed by atoms with Gasteiger partial charge < -0.3 is 20.5 Å². The van der Waals surface area contributed by atoms with Crippen LogP contribution in [0.5, 0.6) is 5.75 Å². The molecule has 0 aromatic heterocycles. The fraction of sp³-hybridized carbons (Fsp3) is 0.533. The third kappa shape index (κ3) is 3.42. The summed E-state index contributed by atoms with van der Waals surface area (Å²) in [7, 11) is 2.13. The van der Waals surface area contributed by atoms with Crippen molar-refractivity contribution in [3.8, 4) is 5.75 Å². The van der Waals surface area contributed by atoms with Crippen molar-refractivity contribution in [1.29, 1.82) is 0 Å². The number of hydrogen-bond donors (Lipinski definition) is 2. The zero-order chi connectivity index (χ0) is 14.7. The summed E-state index contributed by atoms with van der Waals surface area (Å²) in [6, 6.07) is 4.61. The van der Waals surface area contributed by atoms with E-state index in [9.17, 15) is 4.79 Å². The molecule has 5 nitrogen and oxygen atoms in total. The lowest BCUT2D eigenvalue weighted by Gasteiger charge is -2.33. The first-order chi connectivity index (χ1) is 9.47. The minimum Gasteiger partial charge on any atom is -0.488 e. The lowest BCUT2D eigenvalue weighted by atomic mass is 9.92. The number of ether oxygens (including phenoxy) is 1. The van der Waals surface area contributed by atoms with E-state index in [0.29, 0.717) is 17.4 Å². The number of benzene rings is 1. The molecule has 1 aliphatic rings. The summed E-state index contributed by atoms with van der Waals surface area (Å²) < 4.78 is 5.92. The maximum Gasteiger partial charge on any atom is 0.335 e. The average Bonchev–Trinajstić information content (AvgIpc) is 2.41. The van der Waals surface area contributed by atoms with Crippen LogP contribution in [0.2, 0.25) is 0 Å². The number of aromatic carboxylic acids is 1. The summed E-state index contributed by atoms with van der Waals surface area (Å²) in [4.78, 5) is 13.2. The predicted molar refractivity (Wildman–Crippen MR) is 78.1 cm³/mol. The Morgan fingerprint density at radius 3 is 2.65 bits per heavy atom. The molecule has 0 aliphatic carbocycles. The van der Waals surface area contributed by atoms with Gasteiger partial charge in [-0.2, -0.15) is 0 Å². The monoisotopic (exact) mass is 278 g/mol. The average molecular weight is 278 g/mol. The number of carboxylic acids is 1. The zero-order valence-corrected chi connectivity index (χ0v) is 12.0. The summed E-state index contributed by atoms with van der Waals surface area (Å²) in [6.07, 6.45) is 2.32. The molecule has 1 fully saturated rings. The Balaban J connectivity index is 2.00. The molecule has 0 radical (unpaired) electrons. The highest BCUT2D eigenvalue weighted by molar-refractivity contribution is 5.89. The zero-order valence-electron chi connectivity index (χ0n) is 12.0. The SMILES string of the molecule is CC(Oc1ccc(C(=O)O)cc1N)C1CCN(C)CC1. The van der Waals surface area contributed by atoms with Gasteiger partial charge >= 0.3 is 5.97 Å². The van der Waals surface area contributed by atoms with Crippen LogP contribution in [0.1, 0.15) is 30.1 Å². The minimum absolute atomic E-state index is 0.0849. The van der Waals surface area contributed by atoms with Crippen molar-refractivity contribution in [3.05, 3.63) is 23.8 Å². The number of likely N-dealkylation sites (tertiary alicyclic amines) is 1. The maximum absolute atomic E-state index is 10.9. The Morgan fingerprint density at radius 2 is 2.10 bits per heavy atom. The second-order valence-corrected chi connectivity index (χ2v) is 5.52. The minimum atomic E-state index is -0.980. The summed E-state index contributed by atoms with van der Waals surface area (Å²) in [5.41, 5.74) is 6.42. The summed E-state index contributed by atoms with van der Waals surface area (Å²) in [5, 5.41) is 8.91. The summed E-state index contributed by atoms with van der Waals surface area (Å²) in [5.74, 6) is 0.109. The van der Waals surface area contributed by atoms with Gasteiger partial charge in [-0.15, -0.1) is 0 Å². The van der Waals surface area contributed by atoms with Crippen LogP contribution in [0.25, 0.3) is 0 Å². The first kappa shape index (κ1) is 14.7. The molecule has 2 rings (SSSR count). The molecule has 0 saturated carbocycles. The lowest BCUT2D eigenvalue weighted by molar-refractivity contribution is 0.0696. The van der Waals surface area contributed by atoms with E-state index in [1.807, 2.05) is 0 Å². The number of nitrogens with zero attached hydrogens (tertiary/aromatic N) is 1. The molecule has 1 heterocycles. The Labute approximate surface area is 119 Å². The number of rotatable bonds is 4. The van der Waals surface area contributed by atoms with Gasteiger partial charge in [-0.1, -0.05) is 0 Å². The molecule has 0 spiro atoms. The van der Waals surface area contributed by atoms with Crippen LogP contribution in [-0.2, 0) is 0 Å². The normalized spacial score (nSPS) is 18.7. The Bertz CT molecular complexity index is 482. The van der Waals surface area contributed by atoms with Crippen molar-refractivity contribution < 1.29 is 14.6 Å². The van der Waals surface area contributed by atoms with Gasteiger partial charge in [0.2, 0.25) is 0 Å². The van der Waals surface area contributed by atoms with Gasteiger partial charge in [0.1, 0.15) is 5.75 Å². The number of carbonyl (C=O) groups is 1. The van der Waals surface area contributed by atoms with Crippen molar-refractivity contribution in [1.82, 2.24) is 4.90 Å². The Kier molecular flexibility index (Phi) is 4.49.